The lowest BCUT2D eigenvalue weighted by atomic mass is 9.46. The molecular weight excluding hydrogens is 579 g/mol. The van der Waals surface area contributed by atoms with E-state index in [0.717, 1.165) is 36.5 Å². The van der Waals surface area contributed by atoms with Crippen molar-refractivity contribution in [1.82, 2.24) is 0 Å². The average Bonchev–Trinajstić information content (AvgIpc) is 3.16. The molecule has 0 saturated heterocycles. The Bertz CT molecular complexity index is 911. The summed E-state index contributed by atoms with van der Waals surface area (Å²) in [6, 6.07) is 0. The number of halogens is 1. The molecule has 0 radical (unpaired) electrons. The highest BCUT2D eigenvalue weighted by atomic mass is 127. The van der Waals surface area contributed by atoms with E-state index in [-0.39, 0.29) is 29.4 Å². The number of carboxylic acid groups (broad SMARTS) is 2. The van der Waals surface area contributed by atoms with E-state index in [4.69, 9.17) is 0 Å². The largest absolute Gasteiger partial charge is 0.481 e. The second-order valence-electron chi connectivity index (χ2n) is 13.8. The Morgan fingerprint density at radius 3 is 2.30 bits per heavy atom. The van der Waals surface area contributed by atoms with Crippen LogP contribution in [0.3, 0.4) is 0 Å². The fourth-order valence-corrected chi connectivity index (χ4v) is 9.66. The van der Waals surface area contributed by atoms with Crippen LogP contribution in [0, 0.1) is 58.2 Å². The standard InChI is InChI=1S/C31H48O5.HI/c1-18(2)7-6-8-19(3)23-11-12-24-22-10-9-21-17-20(26(28(33)34)27(32)29(35)36)13-15-30(21,4)25(22)14-16-31(23,24)5;/h9,18-20,22-26H,6-8,10-17H2,1-5H3,(H,33,34)(H,35,36);1H/t19-,20?,22?,23-,24?,25?,26+,30+,31-;/m1./s1. The van der Waals surface area contributed by atoms with Crippen molar-refractivity contribution < 1.29 is 24.6 Å². The molecule has 4 unspecified atom stereocenters. The SMILES string of the molecule is CC(C)CCC[C@@H](C)[C@H]1CCC2C3CC=C4CC([C@H](C(=O)O)C(=O)C(=O)O)CC[C@]4(C)C3CC[C@@]21C.I. The van der Waals surface area contributed by atoms with Crippen LogP contribution in [0.25, 0.3) is 0 Å². The molecule has 4 aliphatic rings. The summed E-state index contributed by atoms with van der Waals surface area (Å²) in [5, 5.41) is 18.9. The van der Waals surface area contributed by atoms with Crippen LogP contribution < -0.4 is 0 Å². The molecule has 0 aromatic carbocycles. The molecule has 6 heteroatoms. The molecule has 3 fully saturated rings. The molecule has 0 bridgehead atoms. The van der Waals surface area contributed by atoms with Crippen molar-refractivity contribution in [1.29, 1.82) is 0 Å². The van der Waals surface area contributed by atoms with Gasteiger partial charge in [-0.2, -0.15) is 0 Å². The predicted octanol–water partition coefficient (Wildman–Crippen LogP) is 7.62. The first-order valence-corrected chi connectivity index (χ1v) is 14.6. The van der Waals surface area contributed by atoms with Gasteiger partial charge in [0.05, 0.1) is 0 Å². The van der Waals surface area contributed by atoms with Gasteiger partial charge in [0.15, 0.2) is 0 Å². The summed E-state index contributed by atoms with van der Waals surface area (Å²) in [4.78, 5) is 35.3. The molecular formula is C31H49IO5. The molecule has 0 aromatic heterocycles. The maximum absolute atomic E-state index is 12.2. The molecule has 0 aliphatic heterocycles. The van der Waals surface area contributed by atoms with E-state index in [1.807, 2.05) is 0 Å². The zero-order chi connectivity index (χ0) is 26.4. The van der Waals surface area contributed by atoms with Gasteiger partial charge in [-0.15, -0.1) is 24.0 Å². The number of hydrogen-bond acceptors (Lipinski definition) is 3. The number of ketones is 1. The van der Waals surface area contributed by atoms with Crippen LogP contribution in [-0.4, -0.2) is 27.9 Å². The lowest BCUT2D eigenvalue weighted by Crippen LogP contribution is -2.51. The van der Waals surface area contributed by atoms with Crippen LogP contribution >= 0.6 is 24.0 Å². The van der Waals surface area contributed by atoms with Gasteiger partial charge < -0.3 is 10.2 Å². The number of hydrogen-bond donors (Lipinski definition) is 2. The molecule has 5 nitrogen and oxygen atoms in total. The minimum Gasteiger partial charge on any atom is -0.481 e. The van der Waals surface area contributed by atoms with Gasteiger partial charge in [-0.05, 0) is 104 Å². The maximum Gasteiger partial charge on any atom is 0.373 e. The zero-order valence-corrected chi connectivity index (χ0v) is 25.8. The van der Waals surface area contributed by atoms with Crippen molar-refractivity contribution >= 4 is 41.7 Å². The summed E-state index contributed by atoms with van der Waals surface area (Å²) in [6.45, 7) is 12.1. The Morgan fingerprint density at radius 2 is 1.68 bits per heavy atom. The van der Waals surface area contributed by atoms with Crippen LogP contribution in [0.1, 0.15) is 105 Å². The summed E-state index contributed by atoms with van der Waals surface area (Å²) in [7, 11) is 0. The first kappa shape index (κ1) is 30.6. The van der Waals surface area contributed by atoms with E-state index in [0.29, 0.717) is 30.1 Å². The van der Waals surface area contributed by atoms with Crippen LogP contribution in [0.4, 0.5) is 0 Å². The number of carbonyl (C=O) groups is 3. The van der Waals surface area contributed by atoms with Gasteiger partial charge in [0, 0.05) is 0 Å². The van der Waals surface area contributed by atoms with Gasteiger partial charge in [-0.25, -0.2) is 4.79 Å². The van der Waals surface area contributed by atoms with Crippen LogP contribution in [-0.2, 0) is 14.4 Å². The Hall–Kier alpha value is -0.920. The number of carboxylic acids is 2. The topological polar surface area (TPSA) is 91.7 Å². The van der Waals surface area contributed by atoms with Gasteiger partial charge in [-0.1, -0.05) is 65.5 Å². The van der Waals surface area contributed by atoms with Crippen molar-refractivity contribution in [2.75, 3.05) is 0 Å². The monoisotopic (exact) mass is 628 g/mol. The van der Waals surface area contributed by atoms with Gasteiger partial charge in [0.25, 0.3) is 5.78 Å². The second kappa shape index (κ2) is 11.7. The summed E-state index contributed by atoms with van der Waals surface area (Å²) in [5.74, 6) is -1.48. The van der Waals surface area contributed by atoms with E-state index in [1.54, 1.807) is 0 Å². The molecule has 0 amide bonds. The molecule has 0 heterocycles. The number of fused-ring (bicyclic) bond motifs is 5. The predicted molar refractivity (Wildman–Crippen MR) is 156 cm³/mol. The summed E-state index contributed by atoms with van der Waals surface area (Å²) in [6.07, 6.45) is 14.7. The van der Waals surface area contributed by atoms with Crippen molar-refractivity contribution in [3.8, 4) is 0 Å². The van der Waals surface area contributed by atoms with Gasteiger partial charge in [-0.3, -0.25) is 9.59 Å². The van der Waals surface area contributed by atoms with Gasteiger partial charge in [0.2, 0.25) is 0 Å². The number of rotatable bonds is 9. The lowest BCUT2D eigenvalue weighted by molar-refractivity contribution is -0.159. The fourth-order valence-electron chi connectivity index (χ4n) is 9.66. The van der Waals surface area contributed by atoms with Gasteiger partial charge >= 0.3 is 11.9 Å². The van der Waals surface area contributed by atoms with E-state index in [1.165, 1.54) is 50.5 Å². The average molecular weight is 629 g/mol. The third-order valence-corrected chi connectivity index (χ3v) is 11.6. The number of allylic oxidation sites excluding steroid dienone is 2. The Morgan fingerprint density at radius 1 is 0.973 bits per heavy atom. The summed E-state index contributed by atoms with van der Waals surface area (Å²) in [5.41, 5.74) is 1.78. The number of carbonyl (C=O) groups excluding carboxylic acids is 1. The normalized spacial score (nSPS) is 38.3. The van der Waals surface area contributed by atoms with Crippen molar-refractivity contribution in [3.63, 3.8) is 0 Å². The summed E-state index contributed by atoms with van der Waals surface area (Å²) >= 11 is 0. The molecule has 0 spiro atoms. The highest BCUT2D eigenvalue weighted by molar-refractivity contribution is 14.0. The minimum absolute atomic E-state index is 0. The molecule has 3 saturated carbocycles. The highest BCUT2D eigenvalue weighted by Crippen LogP contribution is 2.67. The molecule has 4 rings (SSSR count). The highest BCUT2D eigenvalue weighted by Gasteiger charge is 2.59. The van der Waals surface area contributed by atoms with Crippen LogP contribution in [0.2, 0.25) is 0 Å². The Balaban J connectivity index is 0.00000380. The number of Topliss-reactive ketones (excluding diaryl/α,β-unsaturated/α-hetero) is 1. The second-order valence-corrected chi connectivity index (χ2v) is 13.8. The summed E-state index contributed by atoms with van der Waals surface area (Å²) < 4.78 is 0. The zero-order valence-electron chi connectivity index (χ0n) is 23.5. The van der Waals surface area contributed by atoms with Crippen molar-refractivity contribution in [2.24, 2.45) is 58.2 Å². The quantitative estimate of drug-likeness (QED) is 0.119. The van der Waals surface area contributed by atoms with Crippen molar-refractivity contribution in [3.05, 3.63) is 11.6 Å². The molecule has 0 aromatic rings. The van der Waals surface area contributed by atoms with Gasteiger partial charge in [0.1, 0.15) is 5.92 Å². The first-order valence-electron chi connectivity index (χ1n) is 14.6. The van der Waals surface area contributed by atoms with E-state index in [2.05, 4.69) is 40.7 Å². The maximum atomic E-state index is 12.2. The van der Waals surface area contributed by atoms with Crippen LogP contribution in [0.15, 0.2) is 11.6 Å². The smallest absolute Gasteiger partial charge is 0.373 e. The molecule has 2 N–H and O–H groups in total. The lowest BCUT2D eigenvalue weighted by Gasteiger charge is -2.58. The molecule has 4 aliphatic carbocycles. The number of aliphatic carboxylic acids is 2. The van der Waals surface area contributed by atoms with E-state index in [9.17, 15) is 24.6 Å². The molecule has 210 valence electrons. The third-order valence-electron chi connectivity index (χ3n) is 11.6. The van der Waals surface area contributed by atoms with E-state index >= 15 is 0 Å². The van der Waals surface area contributed by atoms with E-state index < -0.39 is 29.6 Å². The Kier molecular flexibility index (Phi) is 9.66. The molecule has 9 atom stereocenters. The fraction of sp³-hybridized carbons (Fsp3) is 0.839. The molecule has 37 heavy (non-hydrogen) atoms. The van der Waals surface area contributed by atoms with Crippen LogP contribution in [0.5, 0.6) is 0 Å². The third kappa shape index (κ3) is 5.56. The first-order chi connectivity index (χ1) is 16.9. The minimum atomic E-state index is -1.63. The van der Waals surface area contributed by atoms with Crippen molar-refractivity contribution in [2.45, 2.75) is 105 Å². The Labute approximate surface area is 240 Å².